The van der Waals surface area contributed by atoms with Gasteiger partial charge in [-0.2, -0.15) is 0 Å². The first-order valence-electron chi connectivity index (χ1n) is 6.14. The summed E-state index contributed by atoms with van der Waals surface area (Å²) >= 11 is 0. The third kappa shape index (κ3) is 2.16. The number of hydrogen-bond donors (Lipinski definition) is 1. The van der Waals surface area contributed by atoms with Gasteiger partial charge < -0.3 is 9.72 Å². The lowest BCUT2D eigenvalue weighted by molar-refractivity contribution is 0.0601. The predicted octanol–water partition coefficient (Wildman–Crippen LogP) is 3.76. The van der Waals surface area contributed by atoms with E-state index in [9.17, 15) is 9.18 Å². The summed E-state index contributed by atoms with van der Waals surface area (Å²) in [6, 6.07) is 13.5. The monoisotopic (exact) mass is 269 g/mol. The molecule has 0 aliphatic heterocycles. The number of esters is 1. The largest absolute Gasteiger partial charge is 0.465 e. The summed E-state index contributed by atoms with van der Waals surface area (Å²) in [4.78, 5) is 14.7. The number of rotatable bonds is 2. The highest BCUT2D eigenvalue weighted by molar-refractivity contribution is 5.95. The van der Waals surface area contributed by atoms with Gasteiger partial charge in [-0.25, -0.2) is 9.18 Å². The fraction of sp³-hybridized carbons (Fsp3) is 0.0625. The predicted molar refractivity (Wildman–Crippen MR) is 75.0 cm³/mol. The average Bonchev–Trinajstić information content (AvgIpc) is 2.89. The molecule has 0 atom stereocenters. The molecule has 3 rings (SSSR count). The zero-order chi connectivity index (χ0) is 14.1. The van der Waals surface area contributed by atoms with Gasteiger partial charge in [-0.3, -0.25) is 0 Å². The number of fused-ring (bicyclic) bond motifs is 1. The molecule has 3 aromatic rings. The summed E-state index contributed by atoms with van der Waals surface area (Å²) in [5.74, 6) is -0.662. The Morgan fingerprint density at radius 2 is 2.00 bits per heavy atom. The van der Waals surface area contributed by atoms with E-state index in [1.54, 1.807) is 18.2 Å². The number of H-pyrrole nitrogens is 1. The Balaban J connectivity index is 2.09. The molecule has 0 bridgehead atoms. The molecule has 0 fully saturated rings. The van der Waals surface area contributed by atoms with Crippen molar-refractivity contribution in [3.05, 3.63) is 59.9 Å². The highest BCUT2D eigenvalue weighted by atomic mass is 19.1. The second-order valence-electron chi connectivity index (χ2n) is 4.49. The normalized spacial score (nSPS) is 10.7. The molecule has 0 amide bonds. The van der Waals surface area contributed by atoms with Crippen LogP contribution >= 0.6 is 0 Å². The zero-order valence-corrected chi connectivity index (χ0v) is 10.8. The molecule has 2 aromatic carbocycles. The van der Waals surface area contributed by atoms with Crippen LogP contribution in [0.2, 0.25) is 0 Å². The molecule has 0 spiro atoms. The van der Waals surface area contributed by atoms with E-state index in [-0.39, 0.29) is 11.8 Å². The molecule has 1 heterocycles. The van der Waals surface area contributed by atoms with Crippen LogP contribution in [-0.2, 0) is 4.74 Å². The lowest BCUT2D eigenvalue weighted by Gasteiger charge is -1.98. The van der Waals surface area contributed by atoms with Crippen LogP contribution in [0.25, 0.3) is 22.2 Å². The quantitative estimate of drug-likeness (QED) is 0.720. The number of nitrogens with one attached hydrogen (secondary N) is 1. The summed E-state index contributed by atoms with van der Waals surface area (Å²) < 4.78 is 17.9. The molecule has 0 unspecified atom stereocenters. The molecule has 1 N–H and O–H groups in total. The number of hydrogen-bond acceptors (Lipinski definition) is 2. The third-order valence-corrected chi connectivity index (χ3v) is 3.18. The summed E-state index contributed by atoms with van der Waals surface area (Å²) in [6.45, 7) is 0. The standard InChI is InChI=1S/C16H12FNO2/c1-20-16(19)12-6-5-11-8-14(18-15(11)9-12)10-3-2-4-13(17)7-10/h2-9,18H,1H3. The van der Waals surface area contributed by atoms with Gasteiger partial charge >= 0.3 is 5.97 Å². The third-order valence-electron chi connectivity index (χ3n) is 3.18. The minimum Gasteiger partial charge on any atom is -0.465 e. The summed E-state index contributed by atoms with van der Waals surface area (Å²) in [5.41, 5.74) is 2.86. The molecule has 1 aromatic heterocycles. The van der Waals surface area contributed by atoms with E-state index in [0.717, 1.165) is 22.2 Å². The van der Waals surface area contributed by atoms with E-state index in [1.807, 2.05) is 18.2 Å². The second kappa shape index (κ2) is 4.81. The summed E-state index contributed by atoms with van der Waals surface area (Å²) in [6.07, 6.45) is 0. The summed E-state index contributed by atoms with van der Waals surface area (Å²) in [5, 5.41) is 0.955. The molecule has 0 aliphatic rings. The minimum absolute atomic E-state index is 0.281. The molecule has 20 heavy (non-hydrogen) atoms. The molecule has 0 radical (unpaired) electrons. The van der Waals surface area contributed by atoms with Crippen molar-refractivity contribution in [2.24, 2.45) is 0 Å². The molecule has 3 nitrogen and oxygen atoms in total. The molecule has 0 saturated carbocycles. The Labute approximate surface area is 115 Å². The lowest BCUT2D eigenvalue weighted by Crippen LogP contribution is -2.00. The van der Waals surface area contributed by atoms with Crippen molar-refractivity contribution in [1.29, 1.82) is 0 Å². The number of benzene rings is 2. The van der Waals surface area contributed by atoms with Gasteiger partial charge in [0.1, 0.15) is 5.82 Å². The van der Waals surface area contributed by atoms with Gasteiger partial charge in [-0.05, 0) is 30.3 Å². The van der Waals surface area contributed by atoms with Gasteiger partial charge in [0, 0.05) is 22.2 Å². The first kappa shape index (κ1) is 12.4. The number of carbonyl (C=O) groups is 1. The molecule has 4 heteroatoms. The van der Waals surface area contributed by atoms with Crippen molar-refractivity contribution in [3.63, 3.8) is 0 Å². The van der Waals surface area contributed by atoms with E-state index < -0.39 is 0 Å². The SMILES string of the molecule is COC(=O)c1ccc2cc(-c3cccc(F)c3)[nH]c2c1. The Hall–Kier alpha value is -2.62. The molecule has 100 valence electrons. The van der Waals surface area contributed by atoms with Gasteiger partial charge in [-0.15, -0.1) is 0 Å². The number of aromatic nitrogens is 1. The Bertz CT molecular complexity index is 792. The van der Waals surface area contributed by atoms with Gasteiger partial charge in [0.05, 0.1) is 12.7 Å². The maximum absolute atomic E-state index is 13.2. The van der Waals surface area contributed by atoms with Crippen molar-refractivity contribution in [2.45, 2.75) is 0 Å². The van der Waals surface area contributed by atoms with E-state index >= 15 is 0 Å². The van der Waals surface area contributed by atoms with Crippen molar-refractivity contribution >= 4 is 16.9 Å². The van der Waals surface area contributed by atoms with Crippen LogP contribution in [0.3, 0.4) is 0 Å². The van der Waals surface area contributed by atoms with Crippen molar-refractivity contribution in [1.82, 2.24) is 4.98 Å². The van der Waals surface area contributed by atoms with Gasteiger partial charge in [0.2, 0.25) is 0 Å². The molecule has 0 aliphatic carbocycles. The van der Waals surface area contributed by atoms with Crippen LogP contribution in [0.15, 0.2) is 48.5 Å². The number of halogens is 1. The van der Waals surface area contributed by atoms with Crippen LogP contribution in [0.4, 0.5) is 4.39 Å². The molecular formula is C16H12FNO2. The number of carbonyl (C=O) groups excluding carboxylic acids is 1. The van der Waals surface area contributed by atoms with Crippen LogP contribution in [0, 0.1) is 5.82 Å². The Morgan fingerprint density at radius 3 is 2.75 bits per heavy atom. The maximum Gasteiger partial charge on any atom is 0.337 e. The number of aromatic amines is 1. The van der Waals surface area contributed by atoms with E-state index in [0.29, 0.717) is 5.56 Å². The smallest absolute Gasteiger partial charge is 0.337 e. The Kier molecular flexibility index (Phi) is 2.99. The van der Waals surface area contributed by atoms with Crippen LogP contribution < -0.4 is 0 Å². The number of methoxy groups -OCH3 is 1. The molecular weight excluding hydrogens is 257 g/mol. The van der Waals surface area contributed by atoms with Gasteiger partial charge in [-0.1, -0.05) is 18.2 Å². The van der Waals surface area contributed by atoms with Crippen molar-refractivity contribution in [2.75, 3.05) is 7.11 Å². The number of ether oxygens (including phenoxy) is 1. The van der Waals surface area contributed by atoms with Crippen LogP contribution in [-0.4, -0.2) is 18.1 Å². The first-order chi connectivity index (χ1) is 9.67. The lowest BCUT2D eigenvalue weighted by atomic mass is 10.1. The minimum atomic E-state index is -0.381. The highest BCUT2D eigenvalue weighted by Crippen LogP contribution is 2.25. The van der Waals surface area contributed by atoms with Crippen molar-refractivity contribution < 1.29 is 13.9 Å². The fourth-order valence-corrected chi connectivity index (χ4v) is 2.18. The zero-order valence-electron chi connectivity index (χ0n) is 10.8. The van der Waals surface area contributed by atoms with Crippen LogP contribution in [0.5, 0.6) is 0 Å². The topological polar surface area (TPSA) is 42.1 Å². The fourth-order valence-electron chi connectivity index (χ4n) is 2.18. The average molecular weight is 269 g/mol. The Morgan fingerprint density at radius 1 is 1.15 bits per heavy atom. The van der Waals surface area contributed by atoms with E-state index in [1.165, 1.54) is 19.2 Å². The maximum atomic E-state index is 13.2. The second-order valence-corrected chi connectivity index (χ2v) is 4.49. The van der Waals surface area contributed by atoms with Crippen LogP contribution in [0.1, 0.15) is 10.4 Å². The first-order valence-corrected chi connectivity index (χ1v) is 6.14. The van der Waals surface area contributed by atoms with Gasteiger partial charge in [0.25, 0.3) is 0 Å². The van der Waals surface area contributed by atoms with E-state index in [4.69, 9.17) is 0 Å². The van der Waals surface area contributed by atoms with Gasteiger partial charge in [0.15, 0.2) is 0 Å². The van der Waals surface area contributed by atoms with Crippen molar-refractivity contribution in [3.8, 4) is 11.3 Å². The summed E-state index contributed by atoms with van der Waals surface area (Å²) in [7, 11) is 1.35. The highest BCUT2D eigenvalue weighted by Gasteiger charge is 2.09. The molecule has 0 saturated heterocycles. The van der Waals surface area contributed by atoms with E-state index in [2.05, 4.69) is 9.72 Å².